The summed E-state index contributed by atoms with van der Waals surface area (Å²) < 4.78 is 26.9. The molecule has 0 radical (unpaired) electrons. The SMILES string of the molecule is CC(C)c1nc(C(C)(F)F)n(C)n1. The fourth-order valence-electron chi connectivity index (χ4n) is 1.03. The predicted octanol–water partition coefficient (Wildman–Crippen LogP) is 2.05. The van der Waals surface area contributed by atoms with Gasteiger partial charge in [-0.3, -0.25) is 0 Å². The molecule has 0 bridgehead atoms. The van der Waals surface area contributed by atoms with Crippen LogP contribution in [-0.4, -0.2) is 14.8 Å². The van der Waals surface area contributed by atoms with Crippen LogP contribution in [0.25, 0.3) is 0 Å². The number of nitrogens with zero attached hydrogens (tertiary/aromatic N) is 3. The van der Waals surface area contributed by atoms with Crippen LogP contribution in [0.5, 0.6) is 0 Å². The lowest BCUT2D eigenvalue weighted by molar-refractivity contribution is 0.00403. The molecule has 0 unspecified atom stereocenters. The van der Waals surface area contributed by atoms with Crippen molar-refractivity contribution in [3.8, 4) is 0 Å². The summed E-state index contributed by atoms with van der Waals surface area (Å²) in [5, 5.41) is 3.90. The Hall–Kier alpha value is -1.00. The van der Waals surface area contributed by atoms with Crippen molar-refractivity contribution in [1.82, 2.24) is 14.8 Å². The summed E-state index contributed by atoms with van der Waals surface area (Å²) >= 11 is 0. The van der Waals surface area contributed by atoms with E-state index in [2.05, 4.69) is 10.1 Å². The van der Waals surface area contributed by atoms with Crippen molar-refractivity contribution in [1.29, 1.82) is 0 Å². The number of rotatable bonds is 2. The maximum atomic E-state index is 12.9. The molecule has 0 spiro atoms. The Labute approximate surface area is 75.8 Å². The third-order valence-electron chi connectivity index (χ3n) is 1.69. The van der Waals surface area contributed by atoms with E-state index in [1.54, 1.807) is 0 Å². The van der Waals surface area contributed by atoms with Crippen molar-refractivity contribution in [2.45, 2.75) is 32.6 Å². The van der Waals surface area contributed by atoms with Gasteiger partial charge in [0, 0.05) is 19.9 Å². The number of hydrogen-bond donors (Lipinski definition) is 0. The lowest BCUT2D eigenvalue weighted by Crippen LogP contribution is -2.14. The van der Waals surface area contributed by atoms with E-state index in [9.17, 15) is 8.78 Å². The Bertz CT molecular complexity index is 299. The van der Waals surface area contributed by atoms with Crippen molar-refractivity contribution in [3.63, 3.8) is 0 Å². The largest absolute Gasteiger partial charge is 0.303 e. The first kappa shape index (κ1) is 10.1. The molecule has 0 aliphatic rings. The molecule has 1 heterocycles. The molecule has 1 aromatic rings. The molecule has 5 heteroatoms. The first-order chi connectivity index (χ1) is 5.82. The highest BCUT2D eigenvalue weighted by Crippen LogP contribution is 2.25. The number of alkyl halides is 2. The normalized spacial score (nSPS) is 12.5. The minimum atomic E-state index is -2.92. The number of hydrogen-bond acceptors (Lipinski definition) is 2. The van der Waals surface area contributed by atoms with E-state index in [-0.39, 0.29) is 11.7 Å². The molecule has 0 aromatic carbocycles. The van der Waals surface area contributed by atoms with Crippen LogP contribution in [0, 0.1) is 0 Å². The predicted molar refractivity (Wildman–Crippen MR) is 44.7 cm³/mol. The highest BCUT2D eigenvalue weighted by atomic mass is 19.3. The summed E-state index contributed by atoms with van der Waals surface area (Å²) in [5.74, 6) is -2.67. The Morgan fingerprint density at radius 2 is 1.92 bits per heavy atom. The second-order valence-corrected chi connectivity index (χ2v) is 3.46. The van der Waals surface area contributed by atoms with Gasteiger partial charge >= 0.3 is 5.92 Å². The fraction of sp³-hybridized carbons (Fsp3) is 0.750. The minimum Gasteiger partial charge on any atom is -0.248 e. The topological polar surface area (TPSA) is 30.7 Å². The zero-order valence-electron chi connectivity index (χ0n) is 8.17. The molecule has 0 aliphatic carbocycles. The summed E-state index contributed by atoms with van der Waals surface area (Å²) in [6.07, 6.45) is 0. The monoisotopic (exact) mass is 189 g/mol. The molecule has 0 aliphatic heterocycles. The van der Waals surface area contributed by atoms with Gasteiger partial charge < -0.3 is 0 Å². The smallest absolute Gasteiger partial charge is 0.248 e. The van der Waals surface area contributed by atoms with Crippen molar-refractivity contribution in [3.05, 3.63) is 11.6 Å². The zero-order chi connectivity index (χ0) is 10.2. The first-order valence-electron chi connectivity index (χ1n) is 4.11. The Kier molecular flexibility index (Phi) is 2.36. The van der Waals surface area contributed by atoms with Crippen LogP contribution in [0.3, 0.4) is 0 Å². The van der Waals surface area contributed by atoms with Gasteiger partial charge in [0.15, 0.2) is 11.6 Å². The van der Waals surface area contributed by atoms with E-state index >= 15 is 0 Å². The average Bonchev–Trinajstić information content (AvgIpc) is 2.29. The summed E-state index contributed by atoms with van der Waals surface area (Å²) in [6, 6.07) is 0. The third-order valence-corrected chi connectivity index (χ3v) is 1.69. The van der Waals surface area contributed by atoms with Crippen molar-refractivity contribution in [2.24, 2.45) is 7.05 Å². The van der Waals surface area contributed by atoms with Crippen LogP contribution in [0.1, 0.15) is 38.3 Å². The van der Waals surface area contributed by atoms with Crippen LogP contribution in [0.4, 0.5) is 8.78 Å². The van der Waals surface area contributed by atoms with Crippen LogP contribution in [-0.2, 0) is 13.0 Å². The molecule has 0 amide bonds. The van der Waals surface area contributed by atoms with Gasteiger partial charge in [0.25, 0.3) is 0 Å². The highest BCUT2D eigenvalue weighted by molar-refractivity contribution is 5.01. The maximum absolute atomic E-state index is 12.9. The summed E-state index contributed by atoms with van der Waals surface area (Å²) in [5.41, 5.74) is 0. The molecule has 0 N–H and O–H groups in total. The van der Waals surface area contributed by atoms with E-state index in [0.29, 0.717) is 5.82 Å². The number of aromatic nitrogens is 3. The minimum absolute atomic E-state index is 0.0716. The van der Waals surface area contributed by atoms with Crippen LogP contribution >= 0.6 is 0 Å². The van der Waals surface area contributed by atoms with Gasteiger partial charge in [0.1, 0.15) is 0 Å². The standard InChI is InChI=1S/C8H13F2N3/c1-5(2)6-11-7(8(3,9)10)13(4)12-6/h5H,1-4H3. The first-order valence-corrected chi connectivity index (χ1v) is 4.11. The molecule has 1 aromatic heterocycles. The van der Waals surface area contributed by atoms with Crippen molar-refractivity contribution < 1.29 is 8.78 Å². The molecule has 1 rings (SSSR count). The van der Waals surface area contributed by atoms with Crippen molar-refractivity contribution >= 4 is 0 Å². The lowest BCUT2D eigenvalue weighted by atomic mass is 10.2. The molecular formula is C8H13F2N3. The molecular weight excluding hydrogens is 176 g/mol. The van der Waals surface area contributed by atoms with Gasteiger partial charge in [0.05, 0.1) is 0 Å². The number of halogens is 2. The molecule has 74 valence electrons. The lowest BCUT2D eigenvalue weighted by Gasteiger charge is -2.07. The molecule has 13 heavy (non-hydrogen) atoms. The van der Waals surface area contributed by atoms with E-state index < -0.39 is 5.92 Å². The van der Waals surface area contributed by atoms with Crippen LogP contribution in [0.15, 0.2) is 0 Å². The van der Waals surface area contributed by atoms with Gasteiger partial charge in [-0.25, -0.2) is 9.67 Å². The Morgan fingerprint density at radius 1 is 1.38 bits per heavy atom. The van der Waals surface area contributed by atoms with E-state index in [4.69, 9.17) is 0 Å². The summed E-state index contributed by atoms with van der Waals surface area (Å²) in [4.78, 5) is 3.78. The molecule has 0 saturated carbocycles. The van der Waals surface area contributed by atoms with Gasteiger partial charge in [-0.05, 0) is 0 Å². The second kappa shape index (κ2) is 3.05. The average molecular weight is 189 g/mol. The van der Waals surface area contributed by atoms with Gasteiger partial charge in [-0.15, -0.1) is 0 Å². The highest BCUT2D eigenvalue weighted by Gasteiger charge is 2.31. The number of aryl methyl sites for hydroxylation is 1. The van der Waals surface area contributed by atoms with E-state index in [0.717, 1.165) is 11.6 Å². The molecule has 0 atom stereocenters. The maximum Gasteiger partial charge on any atom is 0.303 e. The Balaban J connectivity index is 3.11. The van der Waals surface area contributed by atoms with E-state index in [1.165, 1.54) is 7.05 Å². The third kappa shape index (κ3) is 2.02. The quantitative estimate of drug-likeness (QED) is 0.712. The van der Waals surface area contributed by atoms with Crippen molar-refractivity contribution in [2.75, 3.05) is 0 Å². The van der Waals surface area contributed by atoms with Gasteiger partial charge in [-0.1, -0.05) is 13.8 Å². The Morgan fingerprint density at radius 3 is 2.15 bits per heavy atom. The summed E-state index contributed by atoms with van der Waals surface area (Å²) in [6.45, 7) is 4.56. The molecule has 3 nitrogen and oxygen atoms in total. The van der Waals surface area contributed by atoms with Crippen LogP contribution < -0.4 is 0 Å². The van der Waals surface area contributed by atoms with Gasteiger partial charge in [0.2, 0.25) is 0 Å². The summed E-state index contributed by atoms with van der Waals surface area (Å²) in [7, 11) is 1.48. The molecule has 0 saturated heterocycles. The van der Waals surface area contributed by atoms with Gasteiger partial charge in [-0.2, -0.15) is 13.9 Å². The molecule has 0 fully saturated rings. The zero-order valence-corrected chi connectivity index (χ0v) is 8.17. The van der Waals surface area contributed by atoms with E-state index in [1.807, 2.05) is 13.8 Å². The second-order valence-electron chi connectivity index (χ2n) is 3.46. The fourth-order valence-corrected chi connectivity index (χ4v) is 1.03. The van der Waals surface area contributed by atoms with Crippen LogP contribution in [0.2, 0.25) is 0 Å².